The minimum absolute atomic E-state index is 1.10. The molecule has 0 aliphatic rings. The third-order valence-electron chi connectivity index (χ3n) is 0.314. The molecule has 0 aliphatic heterocycles. The average molecular weight is 138 g/mol. The van der Waals surface area contributed by atoms with Gasteiger partial charge in [-0.3, -0.25) is 4.52 Å². The lowest BCUT2D eigenvalue weighted by atomic mass is 11.3. The van der Waals surface area contributed by atoms with Crippen molar-refractivity contribution in [1.82, 2.24) is 0 Å². The summed E-state index contributed by atoms with van der Waals surface area (Å²) in [6, 6.07) is 0. The van der Waals surface area contributed by atoms with Crippen molar-refractivity contribution in [2.45, 2.75) is 0 Å². The van der Waals surface area contributed by atoms with Gasteiger partial charge in [-0.1, -0.05) is 0 Å². The fraction of sp³-hybridized carbons (Fsp3) is 0.500. The normalized spacial score (nSPS) is 10.4. The molecule has 0 saturated carbocycles. The van der Waals surface area contributed by atoms with Crippen LogP contribution in [0.5, 0.6) is 0 Å². The molecule has 0 aromatic heterocycles. The molecule has 0 rings (SSSR count). The Hall–Kier alpha value is -0.670. The molecule has 0 saturated heterocycles. The van der Waals surface area contributed by atoms with Crippen LogP contribution in [0.15, 0.2) is 0 Å². The molecular weight excluding hydrogens is 133 g/mol. The second-order valence-electron chi connectivity index (χ2n) is 0.817. The molecule has 0 aliphatic carbocycles. The van der Waals surface area contributed by atoms with Crippen LogP contribution >= 0.6 is 8.25 Å². The summed E-state index contributed by atoms with van der Waals surface area (Å²) in [4.78, 5) is 9.70. The molecule has 47 valence electrons. The van der Waals surface area contributed by atoms with Gasteiger partial charge in [-0.15, -0.1) is 0 Å². The standard InChI is InChI=1S/C2H5NO4P/c1-6-8(5)7-2(3)4/h1H3,(H2,3,4). The molecule has 0 fully saturated rings. The maximum absolute atomic E-state index is 10.0. The first kappa shape index (κ1) is 7.33. The van der Waals surface area contributed by atoms with Gasteiger partial charge in [0.25, 0.3) is 0 Å². The number of rotatable bonds is 2. The van der Waals surface area contributed by atoms with E-state index in [1.165, 1.54) is 0 Å². The first-order valence-corrected chi connectivity index (χ1v) is 2.75. The lowest BCUT2D eigenvalue weighted by Gasteiger charge is -1.91. The minimum atomic E-state index is -2.34. The topological polar surface area (TPSA) is 78.6 Å². The van der Waals surface area contributed by atoms with Crippen molar-refractivity contribution in [1.29, 1.82) is 0 Å². The fourth-order valence-corrected chi connectivity index (χ4v) is 0.332. The lowest BCUT2D eigenvalue weighted by molar-refractivity contribution is 0.204. The maximum atomic E-state index is 10.0. The molecule has 8 heavy (non-hydrogen) atoms. The van der Waals surface area contributed by atoms with Gasteiger partial charge in [0.2, 0.25) is 0 Å². The lowest BCUT2D eigenvalue weighted by Crippen LogP contribution is -2.08. The number of nitrogens with two attached hydrogens (primary N) is 1. The van der Waals surface area contributed by atoms with Crippen molar-refractivity contribution in [2.75, 3.05) is 7.11 Å². The third-order valence-corrected chi connectivity index (χ3v) is 0.941. The molecule has 1 atom stereocenters. The van der Waals surface area contributed by atoms with Gasteiger partial charge in [-0.05, 0) is 0 Å². The second kappa shape index (κ2) is 3.35. The number of hydrogen-bond donors (Lipinski definition) is 1. The van der Waals surface area contributed by atoms with Gasteiger partial charge in [-0.2, -0.15) is 0 Å². The molecule has 0 heterocycles. The van der Waals surface area contributed by atoms with E-state index in [0.29, 0.717) is 0 Å². The van der Waals surface area contributed by atoms with Gasteiger partial charge in [0.1, 0.15) is 0 Å². The number of hydrogen-bond acceptors (Lipinski definition) is 4. The number of carbonyl (C=O) groups is 1. The van der Waals surface area contributed by atoms with Crippen molar-refractivity contribution in [3.05, 3.63) is 0 Å². The molecule has 0 aromatic carbocycles. The van der Waals surface area contributed by atoms with Gasteiger partial charge < -0.3 is 10.3 Å². The highest BCUT2D eigenvalue weighted by molar-refractivity contribution is 7.33. The summed E-state index contributed by atoms with van der Waals surface area (Å²) in [6.07, 6.45) is -1.10. The van der Waals surface area contributed by atoms with Crippen LogP contribution in [-0.2, 0) is 13.6 Å². The van der Waals surface area contributed by atoms with E-state index in [2.05, 4.69) is 14.8 Å². The third kappa shape index (κ3) is 3.52. The average Bonchev–Trinajstić information content (AvgIpc) is 1.65. The summed E-state index contributed by atoms with van der Waals surface area (Å²) in [5, 5.41) is 0. The molecule has 0 aromatic rings. The number of carbonyl (C=O) groups excluding carboxylic acids is 1. The zero-order valence-corrected chi connectivity index (χ0v) is 5.05. The molecule has 6 heteroatoms. The Morgan fingerprint density at radius 3 is 2.38 bits per heavy atom. The van der Waals surface area contributed by atoms with Gasteiger partial charge in [0, 0.05) is 0 Å². The molecule has 1 unspecified atom stereocenters. The van der Waals surface area contributed by atoms with Crippen LogP contribution in [0.4, 0.5) is 4.79 Å². The molecule has 1 radical (unpaired) electrons. The van der Waals surface area contributed by atoms with E-state index in [4.69, 9.17) is 0 Å². The Labute approximate surface area is 46.7 Å². The summed E-state index contributed by atoms with van der Waals surface area (Å²) < 4.78 is 17.9. The summed E-state index contributed by atoms with van der Waals surface area (Å²) in [5.74, 6) is 0. The van der Waals surface area contributed by atoms with Gasteiger partial charge in [0.15, 0.2) is 0 Å². The van der Waals surface area contributed by atoms with E-state index in [0.717, 1.165) is 7.11 Å². The number of primary amides is 1. The highest BCUT2D eigenvalue weighted by Crippen LogP contribution is 2.20. The summed E-state index contributed by atoms with van der Waals surface area (Å²) >= 11 is 0. The second-order valence-corrected chi connectivity index (χ2v) is 1.81. The van der Waals surface area contributed by atoms with Crippen LogP contribution in [0.25, 0.3) is 0 Å². The molecule has 0 spiro atoms. The Morgan fingerprint density at radius 2 is 2.25 bits per heavy atom. The molecular formula is C2H5NO4P. The SMILES string of the molecule is CO[P](=O)OC(N)=O. The minimum Gasteiger partial charge on any atom is -0.345 e. The Bertz CT molecular complexity index is 113. The predicted octanol–water partition coefficient (Wildman–Crippen LogP) is 0.386. The van der Waals surface area contributed by atoms with E-state index in [-0.39, 0.29) is 0 Å². The monoisotopic (exact) mass is 138 g/mol. The van der Waals surface area contributed by atoms with E-state index >= 15 is 0 Å². The largest absolute Gasteiger partial charge is 0.432 e. The molecule has 5 nitrogen and oxygen atoms in total. The van der Waals surface area contributed by atoms with Crippen molar-refractivity contribution in [3.8, 4) is 0 Å². The van der Waals surface area contributed by atoms with Gasteiger partial charge in [0.05, 0.1) is 7.11 Å². The van der Waals surface area contributed by atoms with Crippen LogP contribution in [0.2, 0.25) is 0 Å². The van der Waals surface area contributed by atoms with Crippen LogP contribution < -0.4 is 5.73 Å². The highest BCUT2D eigenvalue weighted by Gasteiger charge is 2.01. The summed E-state index contributed by atoms with van der Waals surface area (Å²) in [7, 11) is -1.20. The Morgan fingerprint density at radius 1 is 1.75 bits per heavy atom. The molecule has 0 bridgehead atoms. The molecule has 2 N–H and O–H groups in total. The summed E-state index contributed by atoms with van der Waals surface area (Å²) in [6.45, 7) is 0. The zero-order valence-electron chi connectivity index (χ0n) is 4.16. The fourth-order valence-electron chi connectivity index (χ4n) is 0.111. The van der Waals surface area contributed by atoms with E-state index < -0.39 is 14.3 Å². The van der Waals surface area contributed by atoms with Crippen molar-refractivity contribution < 1.29 is 18.4 Å². The number of amides is 1. The maximum Gasteiger partial charge on any atom is 0.432 e. The van der Waals surface area contributed by atoms with Crippen molar-refractivity contribution >= 4 is 14.3 Å². The van der Waals surface area contributed by atoms with Crippen LogP contribution in [0.3, 0.4) is 0 Å². The first-order chi connectivity index (χ1) is 3.66. The zero-order chi connectivity index (χ0) is 6.57. The van der Waals surface area contributed by atoms with E-state index in [1.807, 2.05) is 0 Å². The summed E-state index contributed by atoms with van der Waals surface area (Å²) in [5.41, 5.74) is 4.44. The smallest absolute Gasteiger partial charge is 0.345 e. The predicted molar refractivity (Wildman–Crippen MR) is 25.3 cm³/mol. The Balaban J connectivity index is 3.40. The van der Waals surface area contributed by atoms with Crippen molar-refractivity contribution in [2.24, 2.45) is 5.73 Å². The van der Waals surface area contributed by atoms with Crippen LogP contribution in [0.1, 0.15) is 0 Å². The highest BCUT2D eigenvalue weighted by atomic mass is 31.1. The first-order valence-electron chi connectivity index (χ1n) is 1.65. The van der Waals surface area contributed by atoms with Gasteiger partial charge in [-0.25, -0.2) is 9.36 Å². The van der Waals surface area contributed by atoms with Gasteiger partial charge >= 0.3 is 14.3 Å². The van der Waals surface area contributed by atoms with E-state index in [1.54, 1.807) is 0 Å². The quantitative estimate of drug-likeness (QED) is 0.559. The Kier molecular flexibility index (Phi) is 3.07. The molecule has 1 amide bonds. The van der Waals surface area contributed by atoms with Crippen molar-refractivity contribution in [3.63, 3.8) is 0 Å². The van der Waals surface area contributed by atoms with Crippen LogP contribution in [-0.4, -0.2) is 13.2 Å². The van der Waals surface area contributed by atoms with Crippen LogP contribution in [0, 0.1) is 0 Å². The van der Waals surface area contributed by atoms with E-state index in [9.17, 15) is 9.36 Å².